The summed E-state index contributed by atoms with van der Waals surface area (Å²) in [5, 5.41) is 0. The molecule has 5 unspecified atom stereocenters. The highest BCUT2D eigenvalue weighted by Gasteiger charge is 2.58. The average molecular weight is 735 g/mol. The summed E-state index contributed by atoms with van der Waals surface area (Å²) in [6, 6.07) is 0. The Hall–Kier alpha value is -0.770. The van der Waals surface area contributed by atoms with Crippen LogP contribution in [0.15, 0.2) is 0 Å². The third kappa shape index (κ3) is 14.1. The third-order valence-electron chi connectivity index (χ3n) is 13.9. The third-order valence-corrected chi connectivity index (χ3v) is 13.9. The maximum atomic E-state index is 13.5. The van der Waals surface area contributed by atoms with Crippen LogP contribution in [0.5, 0.6) is 0 Å². The summed E-state index contributed by atoms with van der Waals surface area (Å²) in [6.45, 7) is 18.1. The minimum Gasteiger partial charge on any atom is -0.378 e. The van der Waals surface area contributed by atoms with Crippen LogP contribution in [0.1, 0.15) is 163 Å². The fraction of sp³-hybridized carbons (Fsp3) is 0.977. The molecule has 3 aliphatic carbocycles. The highest BCUT2D eigenvalue weighted by molar-refractivity contribution is 5.76. The van der Waals surface area contributed by atoms with E-state index in [1.54, 1.807) is 0 Å². The minimum atomic E-state index is 0.272. The summed E-state index contributed by atoms with van der Waals surface area (Å²) in [6.07, 6.45) is 22.9. The second-order valence-electron chi connectivity index (χ2n) is 17.5. The van der Waals surface area contributed by atoms with Gasteiger partial charge in [0.2, 0.25) is 5.91 Å². The Kier molecular flexibility index (Phi) is 22.3. The van der Waals surface area contributed by atoms with Crippen molar-refractivity contribution in [2.75, 3.05) is 52.5 Å². The molecule has 10 atom stereocenters. The molecular formula is C44H86N4O4. The van der Waals surface area contributed by atoms with Crippen LogP contribution in [-0.4, -0.2) is 81.7 Å². The van der Waals surface area contributed by atoms with Gasteiger partial charge in [-0.15, -0.1) is 0 Å². The van der Waals surface area contributed by atoms with Gasteiger partial charge in [0.15, 0.2) is 0 Å². The van der Waals surface area contributed by atoms with Crippen molar-refractivity contribution < 1.29 is 19.0 Å². The number of carbonyl (C=O) groups is 1. The maximum Gasteiger partial charge on any atom is 0.222 e. The second kappa shape index (κ2) is 25.4. The number of rotatable bonds is 28. The topological polar surface area (TPSA) is 126 Å². The molecule has 306 valence electrons. The monoisotopic (exact) mass is 735 g/mol. The number of ether oxygens (including phenoxy) is 3. The van der Waals surface area contributed by atoms with E-state index in [-0.39, 0.29) is 17.6 Å². The lowest BCUT2D eigenvalue weighted by Gasteiger charge is -2.61. The lowest BCUT2D eigenvalue weighted by molar-refractivity contribution is -0.190. The van der Waals surface area contributed by atoms with Gasteiger partial charge >= 0.3 is 0 Å². The molecular weight excluding hydrogens is 649 g/mol. The number of amides is 1. The molecule has 0 spiro atoms. The van der Waals surface area contributed by atoms with Crippen LogP contribution in [0.25, 0.3) is 0 Å². The average Bonchev–Trinajstić information content (AvgIpc) is 3.14. The van der Waals surface area contributed by atoms with Gasteiger partial charge in [-0.2, -0.15) is 0 Å². The first kappa shape index (κ1) is 45.6. The molecule has 3 fully saturated rings. The molecule has 8 heteroatoms. The van der Waals surface area contributed by atoms with Gasteiger partial charge in [0.25, 0.3) is 0 Å². The molecule has 0 aromatic rings. The molecule has 52 heavy (non-hydrogen) atoms. The number of hydrogen-bond acceptors (Lipinski definition) is 7. The maximum absolute atomic E-state index is 13.5. The Morgan fingerprint density at radius 3 is 1.98 bits per heavy atom. The van der Waals surface area contributed by atoms with E-state index in [9.17, 15) is 4.79 Å². The summed E-state index contributed by atoms with van der Waals surface area (Å²) in [5.74, 6) is 3.86. The molecule has 3 aliphatic rings. The predicted molar refractivity (Wildman–Crippen MR) is 217 cm³/mol. The zero-order valence-electron chi connectivity index (χ0n) is 34.8. The molecule has 0 aromatic carbocycles. The molecule has 0 bridgehead atoms. The van der Waals surface area contributed by atoms with E-state index in [1.165, 1.54) is 51.4 Å². The lowest BCUT2D eigenvalue weighted by Crippen LogP contribution is -2.58. The summed E-state index contributed by atoms with van der Waals surface area (Å²) in [5.41, 5.74) is 17.9. The van der Waals surface area contributed by atoms with Crippen molar-refractivity contribution in [3.63, 3.8) is 0 Å². The predicted octanol–water partition coefficient (Wildman–Crippen LogP) is 8.47. The summed E-state index contributed by atoms with van der Waals surface area (Å²) in [7, 11) is 0. The number of carbonyl (C=O) groups excluding carboxylic acids is 1. The Labute approximate surface area is 321 Å². The van der Waals surface area contributed by atoms with Crippen LogP contribution in [0, 0.1) is 40.9 Å². The van der Waals surface area contributed by atoms with Gasteiger partial charge in [-0.3, -0.25) is 4.79 Å². The SMILES string of the molecule is CCCCCN(CCCCC)C(=O)CCC(C)C(CC)CC[C@@H]1C[C@@H](OCCCN)C[C@H]2C1C(OCCCN)CC1C[C@H](OCCCN)CC[C@@]12C. The molecule has 6 N–H and O–H groups in total. The molecule has 1 amide bonds. The van der Waals surface area contributed by atoms with Crippen molar-refractivity contribution in [3.8, 4) is 0 Å². The lowest BCUT2D eigenvalue weighted by atomic mass is 9.46. The van der Waals surface area contributed by atoms with Gasteiger partial charge in [0.1, 0.15) is 0 Å². The molecule has 0 aromatic heterocycles. The van der Waals surface area contributed by atoms with Crippen molar-refractivity contribution in [3.05, 3.63) is 0 Å². The highest BCUT2D eigenvalue weighted by atomic mass is 16.5. The molecule has 3 rings (SSSR count). The minimum absolute atomic E-state index is 0.272. The standard InChI is InChI=1S/C44H86N4O4/c1-6-9-11-25-48(26-12-10-7-2)42(49)19-16-34(4)35(8-3)17-18-36-30-39(51-28-14-23-46)33-40-43(36)41(52-29-15-24-47)32-37-31-38(50-27-13-22-45)20-21-44(37,40)5/h34-41,43H,6-33,45-47H2,1-5H3/t34?,35?,36-,37?,38-,39-,40+,41?,43?,44+/m1/s1. The van der Waals surface area contributed by atoms with E-state index >= 15 is 0 Å². The van der Waals surface area contributed by atoms with Crippen molar-refractivity contribution >= 4 is 5.91 Å². The fourth-order valence-electron chi connectivity index (χ4n) is 10.6. The normalized spacial score (nSPS) is 30.0. The number of nitrogens with zero attached hydrogens (tertiary/aromatic N) is 1. The van der Waals surface area contributed by atoms with Crippen molar-refractivity contribution in [2.24, 2.45) is 58.1 Å². The smallest absolute Gasteiger partial charge is 0.222 e. The van der Waals surface area contributed by atoms with Crippen LogP contribution in [0.4, 0.5) is 0 Å². The Morgan fingerprint density at radius 2 is 1.38 bits per heavy atom. The van der Waals surface area contributed by atoms with E-state index in [4.69, 9.17) is 31.4 Å². The van der Waals surface area contributed by atoms with Crippen LogP contribution in [-0.2, 0) is 19.0 Å². The molecule has 0 saturated heterocycles. The highest BCUT2D eigenvalue weighted by Crippen LogP contribution is 2.62. The summed E-state index contributed by atoms with van der Waals surface area (Å²) >= 11 is 0. The fourth-order valence-corrected chi connectivity index (χ4v) is 10.6. The van der Waals surface area contributed by atoms with E-state index in [0.717, 1.165) is 104 Å². The molecule has 8 nitrogen and oxygen atoms in total. The van der Waals surface area contributed by atoms with Gasteiger partial charge in [0.05, 0.1) is 18.3 Å². The summed E-state index contributed by atoms with van der Waals surface area (Å²) in [4.78, 5) is 15.7. The van der Waals surface area contributed by atoms with Crippen LogP contribution >= 0.6 is 0 Å². The first-order valence-electron chi connectivity index (χ1n) is 22.5. The number of nitrogens with two attached hydrogens (primary N) is 3. The molecule has 0 aliphatic heterocycles. The zero-order chi connectivity index (χ0) is 37.8. The van der Waals surface area contributed by atoms with Crippen molar-refractivity contribution in [1.82, 2.24) is 4.90 Å². The van der Waals surface area contributed by atoms with Crippen molar-refractivity contribution in [2.45, 2.75) is 181 Å². The largest absolute Gasteiger partial charge is 0.378 e. The van der Waals surface area contributed by atoms with E-state index in [0.29, 0.717) is 73.6 Å². The van der Waals surface area contributed by atoms with Crippen LogP contribution < -0.4 is 17.2 Å². The van der Waals surface area contributed by atoms with Gasteiger partial charge in [-0.25, -0.2) is 0 Å². The van der Waals surface area contributed by atoms with Gasteiger partial charge in [-0.05, 0) is 150 Å². The summed E-state index contributed by atoms with van der Waals surface area (Å²) < 4.78 is 19.9. The molecule has 3 saturated carbocycles. The Bertz CT molecular complexity index is 930. The first-order valence-corrected chi connectivity index (χ1v) is 22.5. The quantitative estimate of drug-likeness (QED) is 0.0689. The van der Waals surface area contributed by atoms with Crippen molar-refractivity contribution in [1.29, 1.82) is 0 Å². The molecule has 0 heterocycles. The number of unbranched alkanes of at least 4 members (excludes halogenated alkanes) is 4. The van der Waals surface area contributed by atoms with E-state index < -0.39 is 0 Å². The van der Waals surface area contributed by atoms with E-state index in [2.05, 4.69) is 39.5 Å². The van der Waals surface area contributed by atoms with Crippen LogP contribution in [0.3, 0.4) is 0 Å². The Morgan fingerprint density at radius 1 is 0.769 bits per heavy atom. The number of fused-ring (bicyclic) bond motifs is 3. The van der Waals surface area contributed by atoms with Crippen LogP contribution in [0.2, 0.25) is 0 Å². The van der Waals surface area contributed by atoms with Gasteiger partial charge in [0, 0.05) is 39.3 Å². The number of hydrogen-bond donors (Lipinski definition) is 3. The first-order chi connectivity index (χ1) is 25.3. The second-order valence-corrected chi connectivity index (χ2v) is 17.5. The Balaban J connectivity index is 1.74. The van der Waals surface area contributed by atoms with Gasteiger partial charge < -0.3 is 36.3 Å². The van der Waals surface area contributed by atoms with Gasteiger partial charge in [-0.1, -0.05) is 66.7 Å². The zero-order valence-corrected chi connectivity index (χ0v) is 34.8. The van der Waals surface area contributed by atoms with E-state index in [1.807, 2.05) is 0 Å². The molecule has 0 radical (unpaired) electrons.